The molecular weight excluding hydrogens is 246 g/mol. The SMILES string of the molecule is CCN(CC)CCCN(CC)c1ccc(CNC)cc1. The van der Waals surface area contributed by atoms with Crippen LogP contribution in [0.4, 0.5) is 5.69 Å². The largest absolute Gasteiger partial charge is 0.372 e. The second-order valence-electron chi connectivity index (χ2n) is 5.16. The van der Waals surface area contributed by atoms with E-state index in [0.29, 0.717) is 0 Å². The van der Waals surface area contributed by atoms with Gasteiger partial charge in [-0.05, 0) is 57.7 Å². The summed E-state index contributed by atoms with van der Waals surface area (Å²) in [5.74, 6) is 0. The van der Waals surface area contributed by atoms with Gasteiger partial charge in [0.2, 0.25) is 0 Å². The molecule has 20 heavy (non-hydrogen) atoms. The fourth-order valence-electron chi connectivity index (χ4n) is 2.52. The van der Waals surface area contributed by atoms with Crippen molar-refractivity contribution in [3.63, 3.8) is 0 Å². The molecule has 3 heteroatoms. The monoisotopic (exact) mass is 277 g/mol. The lowest BCUT2D eigenvalue weighted by atomic mass is 10.2. The third-order valence-electron chi connectivity index (χ3n) is 3.86. The van der Waals surface area contributed by atoms with Gasteiger partial charge in [0.15, 0.2) is 0 Å². The van der Waals surface area contributed by atoms with Crippen molar-refractivity contribution in [1.82, 2.24) is 10.2 Å². The van der Waals surface area contributed by atoms with Gasteiger partial charge >= 0.3 is 0 Å². The molecule has 0 amide bonds. The summed E-state index contributed by atoms with van der Waals surface area (Å²) in [4.78, 5) is 4.95. The lowest BCUT2D eigenvalue weighted by molar-refractivity contribution is 0.301. The predicted octanol–water partition coefficient (Wildman–Crippen LogP) is 2.96. The number of benzene rings is 1. The lowest BCUT2D eigenvalue weighted by Crippen LogP contribution is -2.30. The van der Waals surface area contributed by atoms with Crippen LogP contribution in [0.25, 0.3) is 0 Å². The Hall–Kier alpha value is -1.06. The normalized spacial score (nSPS) is 11.1. The van der Waals surface area contributed by atoms with E-state index in [4.69, 9.17) is 0 Å². The van der Waals surface area contributed by atoms with Gasteiger partial charge in [-0.15, -0.1) is 0 Å². The van der Waals surface area contributed by atoms with E-state index in [0.717, 1.165) is 32.7 Å². The third-order valence-corrected chi connectivity index (χ3v) is 3.86. The molecule has 1 aromatic rings. The Morgan fingerprint density at radius 2 is 1.55 bits per heavy atom. The Bertz CT molecular complexity index is 344. The summed E-state index contributed by atoms with van der Waals surface area (Å²) in [6, 6.07) is 8.93. The van der Waals surface area contributed by atoms with E-state index < -0.39 is 0 Å². The molecule has 0 aromatic heterocycles. The smallest absolute Gasteiger partial charge is 0.0366 e. The van der Waals surface area contributed by atoms with Crippen molar-refractivity contribution in [2.24, 2.45) is 0 Å². The molecule has 0 saturated heterocycles. The first-order chi connectivity index (χ1) is 9.74. The zero-order valence-electron chi connectivity index (χ0n) is 13.7. The Labute approximate surface area is 125 Å². The molecule has 0 atom stereocenters. The van der Waals surface area contributed by atoms with Crippen LogP contribution in [0.1, 0.15) is 32.8 Å². The summed E-state index contributed by atoms with van der Waals surface area (Å²) >= 11 is 0. The zero-order valence-corrected chi connectivity index (χ0v) is 13.7. The maximum Gasteiger partial charge on any atom is 0.0366 e. The highest BCUT2D eigenvalue weighted by molar-refractivity contribution is 5.47. The Kier molecular flexibility index (Phi) is 8.31. The molecule has 1 rings (SSSR count). The molecule has 0 aliphatic rings. The van der Waals surface area contributed by atoms with Gasteiger partial charge in [-0.2, -0.15) is 0 Å². The summed E-state index contributed by atoms with van der Waals surface area (Å²) in [6.07, 6.45) is 1.23. The summed E-state index contributed by atoms with van der Waals surface area (Å²) in [6.45, 7) is 13.4. The van der Waals surface area contributed by atoms with Crippen LogP contribution in [0.3, 0.4) is 0 Å². The van der Waals surface area contributed by atoms with Crippen LogP contribution in [0.5, 0.6) is 0 Å². The van der Waals surface area contributed by atoms with E-state index >= 15 is 0 Å². The number of hydrogen-bond donors (Lipinski definition) is 1. The topological polar surface area (TPSA) is 18.5 Å². The third kappa shape index (κ3) is 5.51. The van der Waals surface area contributed by atoms with Gasteiger partial charge in [0.1, 0.15) is 0 Å². The first kappa shape index (κ1) is 17.0. The molecule has 114 valence electrons. The van der Waals surface area contributed by atoms with E-state index in [1.165, 1.54) is 24.2 Å². The lowest BCUT2D eigenvalue weighted by Gasteiger charge is -2.25. The number of anilines is 1. The van der Waals surface area contributed by atoms with Crippen LogP contribution in [-0.4, -0.2) is 44.7 Å². The molecule has 0 unspecified atom stereocenters. The quantitative estimate of drug-likeness (QED) is 0.709. The molecule has 0 radical (unpaired) electrons. The molecule has 1 N–H and O–H groups in total. The van der Waals surface area contributed by atoms with E-state index in [-0.39, 0.29) is 0 Å². The molecule has 0 bridgehead atoms. The standard InChI is InChI=1S/C17H31N3/c1-5-19(6-2)13-8-14-20(7-3)17-11-9-16(10-12-17)15-18-4/h9-12,18H,5-8,13-15H2,1-4H3. The molecule has 3 nitrogen and oxygen atoms in total. The van der Waals surface area contributed by atoms with Crippen molar-refractivity contribution in [2.45, 2.75) is 33.7 Å². The van der Waals surface area contributed by atoms with E-state index in [1.807, 2.05) is 7.05 Å². The molecule has 0 saturated carbocycles. The highest BCUT2D eigenvalue weighted by Gasteiger charge is 2.05. The number of hydrogen-bond acceptors (Lipinski definition) is 3. The van der Waals surface area contributed by atoms with Gasteiger partial charge in [0, 0.05) is 25.3 Å². The fourth-order valence-corrected chi connectivity index (χ4v) is 2.52. The Morgan fingerprint density at radius 3 is 2.05 bits per heavy atom. The number of nitrogens with zero attached hydrogens (tertiary/aromatic N) is 2. The minimum atomic E-state index is 0.939. The van der Waals surface area contributed by atoms with Crippen molar-refractivity contribution >= 4 is 5.69 Å². The molecule has 0 aliphatic carbocycles. The minimum absolute atomic E-state index is 0.939. The molecular formula is C17H31N3. The summed E-state index contributed by atoms with van der Waals surface area (Å²) < 4.78 is 0. The van der Waals surface area contributed by atoms with E-state index in [1.54, 1.807) is 0 Å². The van der Waals surface area contributed by atoms with E-state index in [9.17, 15) is 0 Å². The summed E-state index contributed by atoms with van der Waals surface area (Å²) in [7, 11) is 1.99. The zero-order chi connectivity index (χ0) is 14.8. The van der Waals surface area contributed by atoms with Crippen molar-refractivity contribution in [1.29, 1.82) is 0 Å². The average Bonchev–Trinajstić information content (AvgIpc) is 2.49. The highest BCUT2D eigenvalue weighted by Crippen LogP contribution is 2.15. The van der Waals surface area contributed by atoms with Crippen molar-refractivity contribution in [3.8, 4) is 0 Å². The van der Waals surface area contributed by atoms with Gasteiger partial charge < -0.3 is 15.1 Å². The van der Waals surface area contributed by atoms with Gasteiger partial charge in [0.25, 0.3) is 0 Å². The molecule has 0 fully saturated rings. The fraction of sp³-hybridized carbons (Fsp3) is 0.647. The van der Waals surface area contributed by atoms with Crippen LogP contribution in [0.15, 0.2) is 24.3 Å². The van der Waals surface area contributed by atoms with Crippen molar-refractivity contribution < 1.29 is 0 Å². The van der Waals surface area contributed by atoms with Crippen LogP contribution < -0.4 is 10.2 Å². The first-order valence-corrected chi connectivity index (χ1v) is 7.95. The highest BCUT2D eigenvalue weighted by atomic mass is 15.1. The maximum absolute atomic E-state index is 3.19. The Morgan fingerprint density at radius 1 is 0.900 bits per heavy atom. The van der Waals surface area contributed by atoms with E-state index in [2.05, 4.69) is 60.2 Å². The van der Waals surface area contributed by atoms with Crippen LogP contribution in [0.2, 0.25) is 0 Å². The molecule has 0 aliphatic heterocycles. The van der Waals surface area contributed by atoms with Gasteiger partial charge in [0.05, 0.1) is 0 Å². The van der Waals surface area contributed by atoms with Crippen molar-refractivity contribution in [2.75, 3.05) is 44.7 Å². The van der Waals surface area contributed by atoms with Crippen molar-refractivity contribution in [3.05, 3.63) is 29.8 Å². The predicted molar refractivity (Wildman–Crippen MR) is 89.5 cm³/mol. The second-order valence-corrected chi connectivity index (χ2v) is 5.16. The second kappa shape index (κ2) is 9.78. The maximum atomic E-state index is 3.19. The van der Waals surface area contributed by atoms with Crippen LogP contribution in [-0.2, 0) is 6.54 Å². The van der Waals surface area contributed by atoms with Crippen LogP contribution in [0, 0.1) is 0 Å². The van der Waals surface area contributed by atoms with Gasteiger partial charge in [-0.3, -0.25) is 0 Å². The Balaban J connectivity index is 2.48. The van der Waals surface area contributed by atoms with Gasteiger partial charge in [-0.1, -0.05) is 26.0 Å². The van der Waals surface area contributed by atoms with Crippen LogP contribution >= 0.6 is 0 Å². The molecule has 0 spiro atoms. The molecule has 1 aromatic carbocycles. The summed E-state index contributed by atoms with van der Waals surface area (Å²) in [5.41, 5.74) is 2.68. The average molecular weight is 277 g/mol. The number of rotatable bonds is 10. The number of nitrogens with one attached hydrogen (secondary N) is 1. The summed E-state index contributed by atoms with van der Waals surface area (Å²) in [5, 5.41) is 3.19. The van der Waals surface area contributed by atoms with Gasteiger partial charge in [-0.25, -0.2) is 0 Å². The molecule has 0 heterocycles. The minimum Gasteiger partial charge on any atom is -0.372 e. The first-order valence-electron chi connectivity index (χ1n) is 7.95.